The molecule has 0 N–H and O–H groups in total. The van der Waals surface area contributed by atoms with Crippen LogP contribution in [-0.2, 0) is 4.79 Å². The summed E-state index contributed by atoms with van der Waals surface area (Å²) in [7, 11) is 0. The molecule has 0 fully saturated rings. The van der Waals surface area contributed by atoms with E-state index in [-0.39, 0.29) is 11.8 Å². The van der Waals surface area contributed by atoms with Crippen LogP contribution in [0, 0.1) is 0 Å². The fourth-order valence-corrected chi connectivity index (χ4v) is 3.31. The lowest BCUT2D eigenvalue weighted by molar-refractivity contribution is -0.116. The minimum atomic E-state index is 0.196. The molecule has 0 saturated heterocycles. The number of nitrogens with zero attached hydrogens (tertiary/aromatic N) is 1. The quantitative estimate of drug-likeness (QED) is 0.703. The van der Waals surface area contributed by atoms with Gasteiger partial charge in [0.15, 0.2) is 5.78 Å². The zero-order valence-electron chi connectivity index (χ0n) is 10.7. The molecule has 3 aliphatic rings. The number of allylic oxidation sites excluding steroid dienone is 3. The molecule has 1 atom stereocenters. The molecule has 1 unspecified atom stereocenters. The van der Waals surface area contributed by atoms with Crippen LogP contribution in [-0.4, -0.2) is 17.2 Å². The summed E-state index contributed by atoms with van der Waals surface area (Å²) in [6, 6.07) is 8.77. The van der Waals surface area contributed by atoms with Gasteiger partial charge in [-0.2, -0.15) is 0 Å². The van der Waals surface area contributed by atoms with Gasteiger partial charge in [-0.25, -0.2) is 0 Å². The molecule has 1 aromatic carbocycles. The maximum atomic E-state index is 11.7. The van der Waals surface area contributed by atoms with Crippen LogP contribution in [0.1, 0.15) is 30.0 Å². The molecule has 2 nitrogen and oxygen atoms in total. The van der Waals surface area contributed by atoms with E-state index in [1.54, 1.807) is 6.08 Å². The van der Waals surface area contributed by atoms with Crippen LogP contribution in [0.3, 0.4) is 0 Å². The highest BCUT2D eigenvalue weighted by molar-refractivity contribution is 5.94. The second-order valence-electron chi connectivity index (χ2n) is 5.27. The molecule has 4 rings (SSSR count). The molecule has 2 aliphatic heterocycles. The lowest BCUT2D eigenvalue weighted by atomic mass is 9.82. The van der Waals surface area contributed by atoms with E-state index in [4.69, 9.17) is 0 Å². The molecule has 0 spiro atoms. The van der Waals surface area contributed by atoms with Gasteiger partial charge in [0.25, 0.3) is 0 Å². The molecule has 94 valence electrons. The van der Waals surface area contributed by atoms with Crippen molar-refractivity contribution in [3.63, 3.8) is 0 Å². The van der Waals surface area contributed by atoms with Crippen molar-refractivity contribution in [3.8, 4) is 0 Å². The van der Waals surface area contributed by atoms with Gasteiger partial charge in [0, 0.05) is 11.3 Å². The largest absolute Gasteiger partial charge is 0.353 e. The predicted octanol–water partition coefficient (Wildman–Crippen LogP) is 3.24. The van der Waals surface area contributed by atoms with Crippen molar-refractivity contribution in [2.24, 2.45) is 0 Å². The average Bonchev–Trinajstić information content (AvgIpc) is 2.47. The lowest BCUT2D eigenvalue weighted by Gasteiger charge is -2.42. The van der Waals surface area contributed by atoms with Gasteiger partial charge in [-0.15, -0.1) is 0 Å². The SMILES string of the molecule is O=C1C=CC2c3ccccc3C3=CCCC=C3N2C1. The Balaban J connectivity index is 1.97. The second kappa shape index (κ2) is 3.95. The highest BCUT2D eigenvalue weighted by Crippen LogP contribution is 2.45. The number of fused-ring (bicyclic) bond motifs is 6. The molecule has 2 heteroatoms. The van der Waals surface area contributed by atoms with Crippen molar-refractivity contribution in [1.29, 1.82) is 0 Å². The molecule has 0 radical (unpaired) electrons. The molecule has 0 aromatic heterocycles. The van der Waals surface area contributed by atoms with E-state index in [1.165, 1.54) is 22.4 Å². The van der Waals surface area contributed by atoms with Crippen molar-refractivity contribution in [2.75, 3.05) is 6.54 Å². The maximum absolute atomic E-state index is 11.7. The summed E-state index contributed by atoms with van der Waals surface area (Å²) in [5, 5.41) is 0. The van der Waals surface area contributed by atoms with Gasteiger partial charge in [-0.1, -0.05) is 42.5 Å². The van der Waals surface area contributed by atoms with Crippen LogP contribution < -0.4 is 0 Å². The van der Waals surface area contributed by atoms with E-state index < -0.39 is 0 Å². The third-order valence-corrected chi connectivity index (χ3v) is 4.13. The number of ketones is 1. The number of benzene rings is 1. The molecular formula is C17H15NO. The van der Waals surface area contributed by atoms with Gasteiger partial charge in [0.2, 0.25) is 0 Å². The molecule has 0 amide bonds. The monoisotopic (exact) mass is 249 g/mol. The van der Waals surface area contributed by atoms with E-state index in [1.807, 2.05) is 6.08 Å². The minimum absolute atomic E-state index is 0.196. The summed E-state index contributed by atoms with van der Waals surface area (Å²) >= 11 is 0. The fraction of sp³-hybridized carbons (Fsp3) is 0.235. The van der Waals surface area contributed by atoms with E-state index in [2.05, 4.69) is 41.3 Å². The number of carbonyl (C=O) groups excluding carboxylic acids is 1. The summed E-state index contributed by atoms with van der Waals surface area (Å²) in [5.41, 5.74) is 5.19. The normalized spacial score (nSPS) is 24.1. The maximum Gasteiger partial charge on any atom is 0.174 e. The first-order valence-electron chi connectivity index (χ1n) is 6.82. The first-order chi connectivity index (χ1) is 9.34. The summed E-state index contributed by atoms with van der Waals surface area (Å²) in [6.07, 6.45) is 10.5. The Hall–Kier alpha value is -2.09. The Morgan fingerprint density at radius 2 is 1.95 bits per heavy atom. The number of rotatable bonds is 0. The average molecular weight is 249 g/mol. The highest BCUT2D eigenvalue weighted by atomic mass is 16.1. The molecule has 1 aliphatic carbocycles. The van der Waals surface area contributed by atoms with Crippen LogP contribution >= 0.6 is 0 Å². The van der Waals surface area contributed by atoms with Crippen LogP contribution in [0.25, 0.3) is 5.57 Å². The van der Waals surface area contributed by atoms with Crippen molar-refractivity contribution in [3.05, 3.63) is 65.4 Å². The Bertz CT molecular complexity index is 651. The minimum Gasteiger partial charge on any atom is -0.353 e. The van der Waals surface area contributed by atoms with Crippen LogP contribution in [0.5, 0.6) is 0 Å². The summed E-state index contributed by atoms with van der Waals surface area (Å²) in [6.45, 7) is 0.499. The highest BCUT2D eigenvalue weighted by Gasteiger charge is 2.34. The van der Waals surface area contributed by atoms with Gasteiger partial charge in [0.05, 0.1) is 12.6 Å². The first kappa shape index (κ1) is 10.8. The van der Waals surface area contributed by atoms with E-state index in [0.29, 0.717) is 6.54 Å². The topological polar surface area (TPSA) is 20.3 Å². The van der Waals surface area contributed by atoms with Gasteiger partial charge in [-0.05, 0) is 30.0 Å². The van der Waals surface area contributed by atoms with Gasteiger partial charge < -0.3 is 4.90 Å². The Kier molecular flexibility index (Phi) is 2.25. The Morgan fingerprint density at radius 1 is 1.11 bits per heavy atom. The van der Waals surface area contributed by atoms with Crippen LogP contribution in [0.4, 0.5) is 0 Å². The molecule has 1 aromatic rings. The third kappa shape index (κ3) is 1.53. The Morgan fingerprint density at radius 3 is 2.89 bits per heavy atom. The zero-order chi connectivity index (χ0) is 12.8. The standard InChI is InChI=1S/C17H15NO/c19-12-9-10-17-15-6-2-1-5-13(15)14-7-3-4-8-16(14)18(17)11-12/h1-2,5-10,17H,3-4,11H2. The molecule has 19 heavy (non-hydrogen) atoms. The third-order valence-electron chi connectivity index (χ3n) is 4.13. The second-order valence-corrected chi connectivity index (χ2v) is 5.27. The molecule has 2 heterocycles. The van der Waals surface area contributed by atoms with Gasteiger partial charge in [0.1, 0.15) is 0 Å². The number of carbonyl (C=O) groups is 1. The predicted molar refractivity (Wildman–Crippen MR) is 75.3 cm³/mol. The smallest absolute Gasteiger partial charge is 0.174 e. The Labute approximate surface area is 112 Å². The fourth-order valence-electron chi connectivity index (χ4n) is 3.31. The van der Waals surface area contributed by atoms with E-state index in [0.717, 1.165) is 12.8 Å². The van der Waals surface area contributed by atoms with Crippen LogP contribution in [0.15, 0.2) is 54.3 Å². The first-order valence-corrected chi connectivity index (χ1v) is 6.82. The number of hydrogen-bond donors (Lipinski definition) is 0. The van der Waals surface area contributed by atoms with Crippen molar-refractivity contribution >= 4 is 11.4 Å². The van der Waals surface area contributed by atoms with Crippen molar-refractivity contribution in [1.82, 2.24) is 4.90 Å². The molecule has 0 bridgehead atoms. The number of hydrogen-bond acceptors (Lipinski definition) is 2. The van der Waals surface area contributed by atoms with E-state index in [9.17, 15) is 4.79 Å². The lowest BCUT2D eigenvalue weighted by Crippen LogP contribution is -2.38. The van der Waals surface area contributed by atoms with Crippen LogP contribution in [0.2, 0.25) is 0 Å². The van der Waals surface area contributed by atoms with Crippen molar-refractivity contribution < 1.29 is 4.79 Å². The summed E-state index contributed by atoms with van der Waals surface area (Å²) in [4.78, 5) is 14.0. The molecular weight excluding hydrogens is 234 g/mol. The summed E-state index contributed by atoms with van der Waals surface area (Å²) in [5.74, 6) is 0.196. The van der Waals surface area contributed by atoms with Crippen molar-refractivity contribution in [2.45, 2.75) is 18.9 Å². The summed E-state index contributed by atoms with van der Waals surface area (Å²) < 4.78 is 0. The van der Waals surface area contributed by atoms with Gasteiger partial charge in [-0.3, -0.25) is 4.79 Å². The molecule has 0 saturated carbocycles. The van der Waals surface area contributed by atoms with E-state index >= 15 is 0 Å². The van der Waals surface area contributed by atoms with Gasteiger partial charge >= 0.3 is 0 Å². The zero-order valence-corrected chi connectivity index (χ0v) is 10.7.